The number of nitrogens with zero attached hydrogens (tertiary/aromatic N) is 2. The topological polar surface area (TPSA) is 24.5 Å². The molecule has 0 N–H and O–H groups in total. The summed E-state index contributed by atoms with van der Waals surface area (Å²) in [7, 11) is 3.40. The molecule has 0 aliphatic carbocycles. The number of rotatable bonds is 8. The quantitative estimate of drug-likeness (QED) is 0.700. The minimum atomic E-state index is 0.918. The van der Waals surface area contributed by atoms with E-state index >= 15 is 0 Å². The number of hydrazine groups is 1. The van der Waals surface area contributed by atoms with E-state index in [0.717, 1.165) is 44.1 Å². The van der Waals surface area contributed by atoms with Crippen LogP contribution in [0.2, 0.25) is 0 Å². The lowest BCUT2D eigenvalue weighted by Crippen LogP contribution is -2.13. The van der Waals surface area contributed by atoms with Crippen molar-refractivity contribution in [2.45, 2.75) is 12.8 Å². The zero-order valence-electron chi connectivity index (χ0n) is 13.9. The Balaban J connectivity index is 1.37. The molecule has 0 aromatic heterocycles. The van der Waals surface area contributed by atoms with Crippen molar-refractivity contribution in [2.24, 2.45) is 0 Å². The van der Waals surface area contributed by atoms with Gasteiger partial charge in [-0.2, -0.15) is 0 Å². The lowest BCUT2D eigenvalue weighted by atomic mass is 10.1. The summed E-state index contributed by atoms with van der Waals surface area (Å²) in [5.74, 6) is 1.84. The van der Waals surface area contributed by atoms with Gasteiger partial charge in [-0.1, -0.05) is 24.3 Å². The monoisotopic (exact) mass is 312 g/mol. The van der Waals surface area contributed by atoms with Crippen molar-refractivity contribution in [3.63, 3.8) is 0 Å². The van der Waals surface area contributed by atoms with Crippen LogP contribution >= 0.6 is 0 Å². The fraction of sp³-hybridized carbons (Fsp3) is 0.368. The molecule has 122 valence electrons. The average molecular weight is 312 g/mol. The summed E-state index contributed by atoms with van der Waals surface area (Å²) in [5, 5.41) is 4.79. The summed E-state index contributed by atoms with van der Waals surface area (Å²) in [6, 6.07) is 16.7. The second kappa shape index (κ2) is 7.49. The SMILES string of the molecule is COc1ccc(CCN2CN2CCc2ccc(OC)cc2)cc1. The maximum absolute atomic E-state index is 5.19. The number of hydrogen-bond acceptors (Lipinski definition) is 4. The van der Waals surface area contributed by atoms with Crippen molar-refractivity contribution in [1.29, 1.82) is 0 Å². The fourth-order valence-electron chi connectivity index (χ4n) is 2.69. The molecule has 3 rings (SSSR count). The molecule has 23 heavy (non-hydrogen) atoms. The summed E-state index contributed by atoms with van der Waals surface area (Å²) >= 11 is 0. The maximum atomic E-state index is 5.19. The molecule has 0 saturated carbocycles. The Labute approximate surface area is 138 Å². The minimum Gasteiger partial charge on any atom is -0.497 e. The minimum absolute atomic E-state index is 0.918. The maximum Gasteiger partial charge on any atom is 0.118 e. The van der Waals surface area contributed by atoms with Crippen molar-refractivity contribution in [1.82, 2.24) is 10.0 Å². The Morgan fingerprint density at radius 1 is 0.696 bits per heavy atom. The first-order chi connectivity index (χ1) is 11.3. The van der Waals surface area contributed by atoms with Crippen LogP contribution < -0.4 is 9.47 Å². The number of methoxy groups -OCH3 is 2. The molecule has 1 aliphatic heterocycles. The van der Waals surface area contributed by atoms with Gasteiger partial charge in [0.1, 0.15) is 11.5 Å². The fourth-order valence-corrected chi connectivity index (χ4v) is 2.69. The zero-order valence-corrected chi connectivity index (χ0v) is 13.9. The van der Waals surface area contributed by atoms with Crippen LogP contribution in [0.15, 0.2) is 48.5 Å². The van der Waals surface area contributed by atoms with Crippen LogP contribution in [0.4, 0.5) is 0 Å². The lowest BCUT2D eigenvalue weighted by Gasteiger charge is -2.07. The molecule has 0 bridgehead atoms. The summed E-state index contributed by atoms with van der Waals surface area (Å²) in [6.07, 6.45) is 2.14. The molecular weight excluding hydrogens is 288 g/mol. The molecule has 0 amide bonds. The van der Waals surface area contributed by atoms with E-state index in [4.69, 9.17) is 9.47 Å². The van der Waals surface area contributed by atoms with Crippen LogP contribution in [0.1, 0.15) is 11.1 Å². The highest BCUT2D eigenvalue weighted by Crippen LogP contribution is 2.19. The van der Waals surface area contributed by atoms with Crippen molar-refractivity contribution >= 4 is 0 Å². The van der Waals surface area contributed by atoms with Gasteiger partial charge >= 0.3 is 0 Å². The standard InChI is InChI=1S/C19H24N2O2/c1-22-18-7-3-16(4-8-18)11-13-20-15-21(20)14-12-17-5-9-19(23-2)10-6-17/h3-10H,11-15H2,1-2H3. The molecule has 4 nitrogen and oxygen atoms in total. The van der Waals surface area contributed by atoms with Crippen molar-refractivity contribution in [3.8, 4) is 11.5 Å². The van der Waals surface area contributed by atoms with Gasteiger partial charge in [0.25, 0.3) is 0 Å². The number of ether oxygens (including phenoxy) is 2. The normalized spacial score (nSPS) is 19.4. The Morgan fingerprint density at radius 2 is 1.09 bits per heavy atom. The Bertz CT molecular complexity index is 555. The molecule has 1 aliphatic rings. The molecule has 1 fully saturated rings. The van der Waals surface area contributed by atoms with E-state index in [1.165, 1.54) is 11.1 Å². The van der Waals surface area contributed by atoms with E-state index < -0.39 is 0 Å². The van der Waals surface area contributed by atoms with Crippen LogP contribution in [0.25, 0.3) is 0 Å². The van der Waals surface area contributed by atoms with Gasteiger partial charge in [0.15, 0.2) is 0 Å². The van der Waals surface area contributed by atoms with E-state index in [-0.39, 0.29) is 0 Å². The highest BCUT2D eigenvalue weighted by atomic mass is 16.5. The lowest BCUT2D eigenvalue weighted by molar-refractivity contribution is 0.311. The molecule has 4 heteroatoms. The third-order valence-corrected chi connectivity index (χ3v) is 4.28. The predicted molar refractivity (Wildman–Crippen MR) is 91.7 cm³/mol. The molecule has 0 radical (unpaired) electrons. The second-order valence-corrected chi connectivity index (χ2v) is 5.80. The largest absolute Gasteiger partial charge is 0.497 e. The summed E-state index contributed by atoms with van der Waals surface area (Å²) in [4.78, 5) is 0. The second-order valence-electron chi connectivity index (χ2n) is 5.80. The summed E-state index contributed by atoms with van der Waals surface area (Å²) in [6.45, 7) is 3.23. The molecule has 2 unspecified atom stereocenters. The molecule has 2 aromatic rings. The first-order valence-corrected chi connectivity index (χ1v) is 8.04. The first kappa shape index (κ1) is 15.8. The van der Waals surface area contributed by atoms with E-state index in [0.29, 0.717) is 0 Å². The van der Waals surface area contributed by atoms with Crippen LogP contribution in [0, 0.1) is 0 Å². The smallest absolute Gasteiger partial charge is 0.118 e. The third-order valence-electron chi connectivity index (χ3n) is 4.28. The van der Waals surface area contributed by atoms with Gasteiger partial charge in [-0.3, -0.25) is 0 Å². The Hall–Kier alpha value is -2.04. The summed E-state index contributed by atoms with van der Waals surface area (Å²) in [5.41, 5.74) is 2.71. The first-order valence-electron chi connectivity index (χ1n) is 8.04. The van der Waals surface area contributed by atoms with E-state index in [2.05, 4.69) is 34.3 Å². The van der Waals surface area contributed by atoms with Crippen LogP contribution in [0.3, 0.4) is 0 Å². The highest BCUT2D eigenvalue weighted by Gasteiger charge is 2.29. The van der Waals surface area contributed by atoms with Gasteiger partial charge in [0.05, 0.1) is 20.9 Å². The molecule has 2 aromatic carbocycles. The predicted octanol–water partition coefficient (Wildman–Crippen LogP) is 2.98. The molecular formula is C19H24N2O2. The molecule has 1 saturated heterocycles. The van der Waals surface area contributed by atoms with Crippen LogP contribution in [0.5, 0.6) is 11.5 Å². The summed E-state index contributed by atoms with van der Waals surface area (Å²) < 4.78 is 10.4. The van der Waals surface area contributed by atoms with Gasteiger partial charge in [0.2, 0.25) is 0 Å². The zero-order chi connectivity index (χ0) is 16.1. The van der Waals surface area contributed by atoms with Gasteiger partial charge in [-0.15, -0.1) is 0 Å². The average Bonchev–Trinajstić information content (AvgIpc) is 3.37. The van der Waals surface area contributed by atoms with Gasteiger partial charge in [-0.25, -0.2) is 10.0 Å². The third kappa shape index (κ3) is 4.47. The molecule has 2 atom stereocenters. The van der Waals surface area contributed by atoms with E-state index in [9.17, 15) is 0 Å². The van der Waals surface area contributed by atoms with Crippen LogP contribution in [-0.2, 0) is 12.8 Å². The molecule has 1 heterocycles. The Morgan fingerprint density at radius 3 is 1.43 bits per heavy atom. The highest BCUT2D eigenvalue weighted by molar-refractivity contribution is 5.28. The van der Waals surface area contributed by atoms with Crippen molar-refractivity contribution in [2.75, 3.05) is 34.0 Å². The van der Waals surface area contributed by atoms with Crippen molar-refractivity contribution < 1.29 is 9.47 Å². The van der Waals surface area contributed by atoms with E-state index in [1.807, 2.05) is 24.3 Å². The van der Waals surface area contributed by atoms with Gasteiger partial charge in [-0.05, 0) is 48.2 Å². The van der Waals surface area contributed by atoms with Crippen LogP contribution in [-0.4, -0.2) is 44.0 Å². The number of benzene rings is 2. The Kier molecular flexibility index (Phi) is 5.16. The van der Waals surface area contributed by atoms with E-state index in [1.54, 1.807) is 14.2 Å². The van der Waals surface area contributed by atoms with Crippen molar-refractivity contribution in [3.05, 3.63) is 59.7 Å². The van der Waals surface area contributed by atoms with Gasteiger partial charge in [0, 0.05) is 13.1 Å². The molecule has 0 spiro atoms. The number of hydrogen-bond donors (Lipinski definition) is 0. The van der Waals surface area contributed by atoms with Gasteiger partial charge < -0.3 is 9.47 Å².